The largest absolute Gasteiger partial charge is 0.467 e. The quantitative estimate of drug-likeness (QED) is 0.701. The number of amides is 1. The highest BCUT2D eigenvalue weighted by molar-refractivity contribution is 5.89. The highest BCUT2D eigenvalue weighted by Crippen LogP contribution is 2.20. The van der Waals surface area contributed by atoms with Crippen LogP contribution in [0.3, 0.4) is 0 Å². The number of H-pyrrole nitrogens is 1. The Morgan fingerprint density at radius 2 is 2.12 bits per heavy atom. The minimum atomic E-state index is -0.215. The van der Waals surface area contributed by atoms with Crippen LogP contribution in [0.1, 0.15) is 24.7 Å². The highest BCUT2D eigenvalue weighted by Gasteiger charge is 2.24. The van der Waals surface area contributed by atoms with Crippen molar-refractivity contribution in [1.82, 2.24) is 9.88 Å². The first kappa shape index (κ1) is 16.3. The van der Waals surface area contributed by atoms with Gasteiger partial charge in [-0.2, -0.15) is 0 Å². The number of carbonyl (C=O) groups excluding carboxylic acids is 1. The number of aromatic amines is 1. The topological polar surface area (TPSA) is 69.5 Å². The summed E-state index contributed by atoms with van der Waals surface area (Å²) in [7, 11) is 0. The van der Waals surface area contributed by atoms with Crippen LogP contribution in [0.2, 0.25) is 0 Å². The van der Waals surface area contributed by atoms with Crippen LogP contribution in [0.5, 0.6) is 0 Å². The number of hydrogen-bond donors (Lipinski definition) is 2. The second kappa shape index (κ2) is 7.36. The summed E-state index contributed by atoms with van der Waals surface area (Å²) < 4.78 is 5.38. The van der Waals surface area contributed by atoms with Gasteiger partial charge in [0.25, 0.3) is 0 Å². The first-order valence-corrected chi connectivity index (χ1v) is 8.20. The van der Waals surface area contributed by atoms with Gasteiger partial charge in [0.15, 0.2) is 0 Å². The number of hydrogen-bond acceptors (Lipinski definition) is 3. The lowest BCUT2D eigenvalue weighted by Gasteiger charge is -2.29. The summed E-state index contributed by atoms with van der Waals surface area (Å²) in [6.45, 7) is 2.28. The molecule has 0 spiro atoms. The number of fused-ring (bicyclic) bond motifs is 1. The molecular formula is C19H22N2O3. The molecule has 0 aliphatic carbocycles. The van der Waals surface area contributed by atoms with Crippen molar-refractivity contribution in [3.8, 4) is 0 Å². The number of aliphatic hydroxyl groups is 1. The van der Waals surface area contributed by atoms with E-state index in [1.54, 1.807) is 17.2 Å². The zero-order chi connectivity index (χ0) is 16.9. The smallest absolute Gasteiger partial charge is 0.227 e. The summed E-state index contributed by atoms with van der Waals surface area (Å²) in [6.07, 6.45) is 4.46. The Kier molecular flexibility index (Phi) is 5.01. The van der Waals surface area contributed by atoms with Crippen LogP contribution in [0.4, 0.5) is 0 Å². The minimum Gasteiger partial charge on any atom is -0.467 e. The van der Waals surface area contributed by atoms with E-state index in [9.17, 15) is 9.90 Å². The predicted molar refractivity (Wildman–Crippen MR) is 92.4 cm³/mol. The van der Waals surface area contributed by atoms with E-state index in [1.807, 2.05) is 43.5 Å². The van der Waals surface area contributed by atoms with Crippen LogP contribution in [-0.2, 0) is 17.8 Å². The number of rotatable bonds is 7. The molecular weight excluding hydrogens is 304 g/mol. The van der Waals surface area contributed by atoms with Crippen LogP contribution < -0.4 is 0 Å². The normalized spacial score (nSPS) is 12.4. The van der Waals surface area contributed by atoms with Gasteiger partial charge < -0.3 is 19.4 Å². The molecule has 0 unspecified atom stereocenters. The Bertz CT molecular complexity index is 788. The summed E-state index contributed by atoms with van der Waals surface area (Å²) in [5, 5.41) is 10.7. The highest BCUT2D eigenvalue weighted by atomic mass is 16.3. The lowest BCUT2D eigenvalue weighted by atomic mass is 10.1. The molecule has 3 aromatic rings. The van der Waals surface area contributed by atoms with Gasteiger partial charge in [0.05, 0.1) is 31.9 Å². The van der Waals surface area contributed by atoms with Crippen molar-refractivity contribution >= 4 is 16.8 Å². The number of aromatic nitrogens is 1. The van der Waals surface area contributed by atoms with Crippen molar-refractivity contribution in [2.45, 2.75) is 32.4 Å². The molecule has 0 bridgehead atoms. The van der Waals surface area contributed by atoms with Gasteiger partial charge in [-0.3, -0.25) is 4.79 Å². The first-order chi connectivity index (χ1) is 11.7. The molecule has 0 aliphatic heterocycles. The molecule has 0 saturated carbocycles. The fourth-order valence-corrected chi connectivity index (χ4v) is 2.98. The van der Waals surface area contributed by atoms with Crippen LogP contribution in [0.15, 0.2) is 53.3 Å². The molecule has 0 aliphatic rings. The lowest BCUT2D eigenvalue weighted by molar-refractivity contribution is -0.134. The number of nitrogens with zero attached hydrogens (tertiary/aromatic N) is 1. The third-order valence-electron chi connectivity index (χ3n) is 4.37. The van der Waals surface area contributed by atoms with Crippen molar-refractivity contribution in [1.29, 1.82) is 0 Å². The minimum absolute atomic E-state index is 0.0166. The van der Waals surface area contributed by atoms with Crippen molar-refractivity contribution in [2.24, 2.45) is 0 Å². The fourth-order valence-electron chi connectivity index (χ4n) is 2.98. The number of carbonyl (C=O) groups is 1. The molecule has 2 heterocycles. The molecule has 0 fully saturated rings. The monoisotopic (exact) mass is 326 g/mol. The Balaban J connectivity index is 1.82. The zero-order valence-corrected chi connectivity index (χ0v) is 13.7. The number of para-hydroxylation sites is 1. The number of aliphatic hydroxyl groups excluding tert-OH is 1. The summed E-state index contributed by atoms with van der Waals surface area (Å²) >= 11 is 0. The van der Waals surface area contributed by atoms with Crippen LogP contribution in [-0.4, -0.2) is 33.5 Å². The first-order valence-electron chi connectivity index (χ1n) is 8.20. The Morgan fingerprint density at radius 3 is 2.83 bits per heavy atom. The fraction of sp³-hybridized carbons (Fsp3) is 0.316. The van der Waals surface area contributed by atoms with Gasteiger partial charge in [-0.15, -0.1) is 0 Å². The Morgan fingerprint density at radius 1 is 1.29 bits per heavy atom. The van der Waals surface area contributed by atoms with Crippen molar-refractivity contribution in [2.75, 3.05) is 6.61 Å². The average molecular weight is 326 g/mol. The van der Waals surface area contributed by atoms with E-state index >= 15 is 0 Å². The molecule has 5 heteroatoms. The second-order valence-electron chi connectivity index (χ2n) is 5.88. The summed E-state index contributed by atoms with van der Waals surface area (Å²) in [4.78, 5) is 17.8. The van der Waals surface area contributed by atoms with E-state index in [1.165, 1.54) is 0 Å². The summed E-state index contributed by atoms with van der Waals surface area (Å²) in [5.74, 6) is 0.700. The molecule has 1 atom stereocenters. The molecule has 3 rings (SSSR count). The van der Waals surface area contributed by atoms with Crippen molar-refractivity contribution in [3.63, 3.8) is 0 Å². The maximum absolute atomic E-state index is 12.9. The maximum atomic E-state index is 12.9. The zero-order valence-electron chi connectivity index (χ0n) is 13.7. The molecule has 0 saturated heterocycles. The molecule has 2 aromatic heterocycles. The van der Waals surface area contributed by atoms with E-state index < -0.39 is 0 Å². The lowest BCUT2D eigenvalue weighted by Crippen LogP contribution is -2.42. The molecule has 5 nitrogen and oxygen atoms in total. The van der Waals surface area contributed by atoms with Crippen LogP contribution >= 0.6 is 0 Å². The van der Waals surface area contributed by atoms with Gasteiger partial charge in [0.2, 0.25) is 5.91 Å². The van der Waals surface area contributed by atoms with Gasteiger partial charge in [-0.25, -0.2) is 0 Å². The molecule has 0 radical (unpaired) electrons. The van der Waals surface area contributed by atoms with Gasteiger partial charge >= 0.3 is 0 Å². The predicted octanol–water partition coefficient (Wildman–Crippen LogP) is 3.10. The third-order valence-corrected chi connectivity index (χ3v) is 4.37. The van der Waals surface area contributed by atoms with Crippen LogP contribution in [0, 0.1) is 0 Å². The van der Waals surface area contributed by atoms with E-state index in [0.717, 1.165) is 16.5 Å². The SMILES string of the molecule is CC[C@H](CO)N(Cc1ccco1)C(=O)Cc1c[nH]c2ccccc12. The van der Waals surface area contributed by atoms with Gasteiger partial charge in [0, 0.05) is 17.1 Å². The van der Waals surface area contributed by atoms with E-state index in [4.69, 9.17) is 4.42 Å². The van der Waals surface area contributed by atoms with E-state index in [2.05, 4.69) is 4.98 Å². The molecule has 1 aromatic carbocycles. The van der Waals surface area contributed by atoms with Crippen molar-refractivity contribution in [3.05, 3.63) is 60.2 Å². The average Bonchev–Trinajstić information content (AvgIpc) is 3.25. The van der Waals surface area contributed by atoms with Gasteiger partial charge in [0.1, 0.15) is 5.76 Å². The number of nitrogens with one attached hydrogen (secondary N) is 1. The number of furan rings is 1. The maximum Gasteiger partial charge on any atom is 0.227 e. The molecule has 24 heavy (non-hydrogen) atoms. The van der Waals surface area contributed by atoms with E-state index in [-0.39, 0.29) is 18.6 Å². The van der Waals surface area contributed by atoms with E-state index in [0.29, 0.717) is 25.1 Å². The van der Waals surface area contributed by atoms with Gasteiger partial charge in [-0.1, -0.05) is 25.1 Å². The third kappa shape index (κ3) is 3.36. The molecule has 126 valence electrons. The van der Waals surface area contributed by atoms with Crippen LogP contribution in [0.25, 0.3) is 10.9 Å². The standard InChI is InChI=1S/C19H22N2O3/c1-2-15(13-22)21(12-16-6-5-9-24-16)19(23)10-14-11-20-18-8-4-3-7-17(14)18/h3-9,11,15,20,22H,2,10,12-13H2,1H3/t15-/m1/s1. The van der Waals surface area contributed by atoms with Crippen molar-refractivity contribution < 1.29 is 14.3 Å². The summed E-state index contributed by atoms with van der Waals surface area (Å²) in [5.41, 5.74) is 1.99. The molecule has 2 N–H and O–H groups in total. The Hall–Kier alpha value is -2.53. The Labute approximate surface area is 140 Å². The number of benzene rings is 1. The van der Waals surface area contributed by atoms with Gasteiger partial charge in [-0.05, 0) is 30.2 Å². The summed E-state index contributed by atoms with van der Waals surface area (Å²) in [6, 6.07) is 11.4. The molecule has 1 amide bonds. The second-order valence-corrected chi connectivity index (χ2v) is 5.88.